The molecule has 0 spiro atoms. The Morgan fingerprint density at radius 3 is 2.47 bits per heavy atom. The zero-order valence-electron chi connectivity index (χ0n) is 11.7. The van der Waals surface area contributed by atoms with Gasteiger partial charge in [-0.1, -0.05) is 13.8 Å². The number of phenolic OH excluding ortho intramolecular Hbond substituents is 1. The summed E-state index contributed by atoms with van der Waals surface area (Å²) in [6.45, 7) is 5.83. The average Bonchev–Trinajstić information content (AvgIpc) is 2.36. The lowest BCUT2D eigenvalue weighted by Gasteiger charge is -2.35. The van der Waals surface area contributed by atoms with Crippen LogP contribution >= 0.6 is 0 Å². The van der Waals surface area contributed by atoms with Crippen molar-refractivity contribution in [3.05, 3.63) is 23.8 Å². The number of methoxy groups -OCH3 is 1. The third-order valence-corrected chi connectivity index (χ3v) is 3.59. The standard InChI is InChI=1S/C15H21NO3/c1-10-6-11(2)9-16(8-10)15(18)13-5-4-12(19-3)7-14(13)17/h4-5,7,10-11,17H,6,8-9H2,1-3H3. The largest absolute Gasteiger partial charge is 0.507 e. The minimum Gasteiger partial charge on any atom is -0.507 e. The number of benzene rings is 1. The number of amides is 1. The fourth-order valence-electron chi connectivity index (χ4n) is 2.82. The lowest BCUT2D eigenvalue weighted by Crippen LogP contribution is -2.42. The Bertz CT molecular complexity index is 462. The fourth-order valence-corrected chi connectivity index (χ4v) is 2.82. The second-order valence-electron chi connectivity index (χ2n) is 5.54. The van der Waals surface area contributed by atoms with Gasteiger partial charge in [0.2, 0.25) is 0 Å². The number of hydrogen-bond donors (Lipinski definition) is 1. The van der Waals surface area contributed by atoms with Gasteiger partial charge in [-0.25, -0.2) is 0 Å². The predicted octanol–water partition coefficient (Wildman–Crippen LogP) is 2.52. The second kappa shape index (κ2) is 5.51. The molecule has 4 heteroatoms. The van der Waals surface area contributed by atoms with Crippen molar-refractivity contribution in [3.63, 3.8) is 0 Å². The van der Waals surface area contributed by atoms with E-state index in [4.69, 9.17) is 4.74 Å². The molecular formula is C15H21NO3. The van der Waals surface area contributed by atoms with E-state index in [9.17, 15) is 9.90 Å². The summed E-state index contributed by atoms with van der Waals surface area (Å²) in [4.78, 5) is 14.3. The molecule has 1 aromatic rings. The van der Waals surface area contributed by atoms with Gasteiger partial charge in [0.15, 0.2) is 0 Å². The molecule has 1 saturated heterocycles. The summed E-state index contributed by atoms with van der Waals surface area (Å²) < 4.78 is 5.02. The van der Waals surface area contributed by atoms with Crippen LogP contribution in [0.4, 0.5) is 0 Å². The highest BCUT2D eigenvalue weighted by atomic mass is 16.5. The first kappa shape index (κ1) is 13.7. The number of nitrogens with zero attached hydrogens (tertiary/aromatic N) is 1. The number of piperidine rings is 1. The first-order valence-electron chi connectivity index (χ1n) is 6.67. The zero-order chi connectivity index (χ0) is 14.0. The minimum atomic E-state index is -0.0986. The molecule has 1 amide bonds. The Hall–Kier alpha value is -1.71. The van der Waals surface area contributed by atoms with Crippen molar-refractivity contribution in [1.82, 2.24) is 4.90 Å². The topological polar surface area (TPSA) is 49.8 Å². The maximum atomic E-state index is 12.4. The first-order valence-corrected chi connectivity index (χ1v) is 6.67. The molecule has 2 atom stereocenters. The van der Waals surface area contributed by atoms with Crippen molar-refractivity contribution in [2.45, 2.75) is 20.3 Å². The number of phenols is 1. The lowest BCUT2D eigenvalue weighted by atomic mass is 9.91. The predicted molar refractivity (Wildman–Crippen MR) is 73.5 cm³/mol. The Morgan fingerprint density at radius 2 is 1.95 bits per heavy atom. The first-order chi connectivity index (χ1) is 9.01. The van der Waals surface area contributed by atoms with Crippen molar-refractivity contribution < 1.29 is 14.6 Å². The van der Waals surface area contributed by atoms with E-state index in [2.05, 4.69) is 13.8 Å². The lowest BCUT2D eigenvalue weighted by molar-refractivity contribution is 0.0620. The van der Waals surface area contributed by atoms with E-state index in [0.717, 1.165) is 19.5 Å². The summed E-state index contributed by atoms with van der Waals surface area (Å²) in [5.41, 5.74) is 0.349. The van der Waals surface area contributed by atoms with Crippen LogP contribution in [-0.2, 0) is 0 Å². The Balaban J connectivity index is 2.19. The molecule has 1 N–H and O–H groups in total. The van der Waals surface area contributed by atoms with E-state index in [-0.39, 0.29) is 11.7 Å². The highest BCUT2D eigenvalue weighted by Gasteiger charge is 2.27. The van der Waals surface area contributed by atoms with Crippen LogP contribution in [0.2, 0.25) is 0 Å². The third-order valence-electron chi connectivity index (χ3n) is 3.59. The molecule has 0 aliphatic carbocycles. The summed E-state index contributed by atoms with van der Waals surface area (Å²) >= 11 is 0. The molecule has 4 nitrogen and oxygen atoms in total. The van der Waals surface area contributed by atoms with Gasteiger partial charge in [0, 0.05) is 19.2 Å². The summed E-state index contributed by atoms with van der Waals surface area (Å²) in [6, 6.07) is 4.80. The van der Waals surface area contributed by atoms with Crippen molar-refractivity contribution in [3.8, 4) is 11.5 Å². The molecule has 104 valence electrons. The number of hydrogen-bond acceptors (Lipinski definition) is 3. The number of ether oxygens (including phenoxy) is 1. The average molecular weight is 263 g/mol. The summed E-state index contributed by atoms with van der Waals surface area (Å²) in [5, 5.41) is 9.93. The molecule has 1 aromatic carbocycles. The van der Waals surface area contributed by atoms with E-state index in [1.54, 1.807) is 12.1 Å². The third kappa shape index (κ3) is 3.00. The Labute approximate surface area is 114 Å². The SMILES string of the molecule is COc1ccc(C(=O)N2CC(C)CC(C)C2)c(O)c1. The Kier molecular flexibility index (Phi) is 3.98. The fraction of sp³-hybridized carbons (Fsp3) is 0.533. The Morgan fingerprint density at radius 1 is 1.32 bits per heavy atom. The van der Waals surface area contributed by atoms with Crippen molar-refractivity contribution in [2.24, 2.45) is 11.8 Å². The molecule has 0 bridgehead atoms. The van der Waals surface area contributed by atoms with Gasteiger partial charge >= 0.3 is 0 Å². The van der Waals surface area contributed by atoms with Crippen LogP contribution in [-0.4, -0.2) is 36.1 Å². The summed E-state index contributed by atoms with van der Waals surface area (Å²) in [5.74, 6) is 1.45. The molecule has 1 fully saturated rings. The van der Waals surface area contributed by atoms with Crippen LogP contribution in [0.3, 0.4) is 0 Å². The molecule has 2 unspecified atom stereocenters. The molecular weight excluding hydrogens is 242 g/mol. The van der Waals surface area contributed by atoms with Crippen LogP contribution in [0, 0.1) is 11.8 Å². The molecule has 1 aliphatic heterocycles. The van der Waals surface area contributed by atoms with Gasteiger partial charge < -0.3 is 14.7 Å². The smallest absolute Gasteiger partial charge is 0.257 e. The minimum absolute atomic E-state index is 0.0183. The molecule has 19 heavy (non-hydrogen) atoms. The van der Waals surface area contributed by atoms with Crippen molar-refractivity contribution in [2.75, 3.05) is 20.2 Å². The molecule has 0 radical (unpaired) electrons. The van der Waals surface area contributed by atoms with Crippen LogP contribution in [0.1, 0.15) is 30.6 Å². The van der Waals surface area contributed by atoms with Gasteiger partial charge in [-0.2, -0.15) is 0 Å². The molecule has 0 saturated carbocycles. The number of carbonyl (C=O) groups is 1. The van der Waals surface area contributed by atoms with Gasteiger partial charge in [0.05, 0.1) is 12.7 Å². The van der Waals surface area contributed by atoms with Gasteiger partial charge in [0.1, 0.15) is 11.5 Å². The van der Waals surface area contributed by atoms with E-state index in [1.807, 2.05) is 4.90 Å². The van der Waals surface area contributed by atoms with Crippen LogP contribution in [0.15, 0.2) is 18.2 Å². The number of likely N-dealkylation sites (tertiary alicyclic amines) is 1. The number of aromatic hydroxyl groups is 1. The quantitative estimate of drug-likeness (QED) is 0.892. The van der Waals surface area contributed by atoms with E-state index in [0.29, 0.717) is 23.1 Å². The van der Waals surface area contributed by atoms with Gasteiger partial charge in [-0.3, -0.25) is 4.79 Å². The van der Waals surface area contributed by atoms with E-state index >= 15 is 0 Å². The zero-order valence-corrected chi connectivity index (χ0v) is 11.7. The van der Waals surface area contributed by atoms with E-state index in [1.165, 1.54) is 13.2 Å². The highest BCUT2D eigenvalue weighted by molar-refractivity contribution is 5.97. The van der Waals surface area contributed by atoms with Gasteiger partial charge in [0.25, 0.3) is 5.91 Å². The van der Waals surface area contributed by atoms with Crippen molar-refractivity contribution >= 4 is 5.91 Å². The highest BCUT2D eigenvalue weighted by Crippen LogP contribution is 2.27. The normalized spacial score (nSPS) is 23.2. The summed E-state index contributed by atoms with van der Waals surface area (Å²) in [7, 11) is 1.53. The molecule has 2 rings (SSSR count). The number of rotatable bonds is 2. The van der Waals surface area contributed by atoms with Crippen LogP contribution in [0.5, 0.6) is 11.5 Å². The number of carbonyl (C=O) groups excluding carboxylic acids is 1. The van der Waals surface area contributed by atoms with Crippen molar-refractivity contribution in [1.29, 1.82) is 0 Å². The summed E-state index contributed by atoms with van der Waals surface area (Å²) in [6.07, 6.45) is 1.15. The monoisotopic (exact) mass is 263 g/mol. The molecule has 1 heterocycles. The van der Waals surface area contributed by atoms with E-state index < -0.39 is 0 Å². The second-order valence-corrected chi connectivity index (χ2v) is 5.54. The van der Waals surface area contributed by atoms with Crippen LogP contribution < -0.4 is 4.74 Å². The molecule has 0 aromatic heterocycles. The molecule has 1 aliphatic rings. The van der Waals surface area contributed by atoms with Crippen LogP contribution in [0.25, 0.3) is 0 Å². The van der Waals surface area contributed by atoms with Gasteiger partial charge in [-0.05, 0) is 30.4 Å². The maximum absolute atomic E-state index is 12.4. The maximum Gasteiger partial charge on any atom is 0.257 e. The van der Waals surface area contributed by atoms with Gasteiger partial charge in [-0.15, -0.1) is 0 Å².